The molecule has 14 heavy (non-hydrogen) atoms. The molecule has 1 aromatic carbocycles. The van der Waals surface area contributed by atoms with E-state index in [0.29, 0.717) is 0 Å². The predicted octanol–water partition coefficient (Wildman–Crippen LogP) is 0.836. The van der Waals surface area contributed by atoms with Crippen LogP contribution in [0.3, 0.4) is 0 Å². The monoisotopic (exact) mass is 217 g/mol. The zero-order valence-electron chi connectivity index (χ0n) is 6.94. The van der Waals surface area contributed by atoms with Crippen molar-refractivity contribution in [2.24, 2.45) is 5.73 Å². The Balaban J connectivity index is 3.19. The Morgan fingerprint density at radius 1 is 1.36 bits per heavy atom. The highest BCUT2D eigenvalue weighted by Gasteiger charge is 2.17. The van der Waals surface area contributed by atoms with Gasteiger partial charge in [0.15, 0.2) is 0 Å². The molecule has 0 fully saturated rings. The van der Waals surface area contributed by atoms with Crippen LogP contribution >= 0.6 is 11.6 Å². The molecule has 76 valence electrons. The summed E-state index contributed by atoms with van der Waals surface area (Å²) in [7, 11) is 0. The number of aliphatic carboxylic acids is 1. The van der Waals surface area contributed by atoms with Gasteiger partial charge in [0.2, 0.25) is 0 Å². The molecule has 0 amide bonds. The minimum absolute atomic E-state index is 0.0805. The number of carboxylic acid groups (broad SMARTS) is 1. The summed E-state index contributed by atoms with van der Waals surface area (Å²) in [5.74, 6) is -2.07. The summed E-state index contributed by atoms with van der Waals surface area (Å²) in [6.45, 7) is 0. The Hall–Kier alpha value is -1.46. The van der Waals surface area contributed by atoms with E-state index in [4.69, 9.17) is 22.4 Å². The van der Waals surface area contributed by atoms with Crippen molar-refractivity contribution in [3.63, 3.8) is 0 Å². The maximum absolute atomic E-state index is 10.5. The highest BCUT2D eigenvalue weighted by molar-refractivity contribution is 6.33. The van der Waals surface area contributed by atoms with Crippen LogP contribution in [0.2, 0.25) is 5.02 Å². The molecule has 6 heteroatoms. The van der Waals surface area contributed by atoms with Crippen molar-refractivity contribution in [1.29, 1.82) is 0 Å². The number of carboxylic acids is 1. The average Bonchev–Trinajstić information content (AvgIpc) is 2.12. The third-order valence-corrected chi connectivity index (χ3v) is 2.07. The van der Waals surface area contributed by atoms with Crippen molar-refractivity contribution in [3.05, 3.63) is 22.7 Å². The molecule has 0 aromatic heterocycles. The molecular formula is C8H8ClNO4. The Labute approximate surface area is 84.3 Å². The van der Waals surface area contributed by atoms with Gasteiger partial charge in [0.05, 0.1) is 0 Å². The van der Waals surface area contributed by atoms with Gasteiger partial charge < -0.3 is 21.1 Å². The first-order valence-electron chi connectivity index (χ1n) is 3.63. The van der Waals surface area contributed by atoms with Crippen LogP contribution in [-0.2, 0) is 4.79 Å². The third-order valence-electron chi connectivity index (χ3n) is 1.68. The number of phenolic OH excluding ortho intramolecular Hbond substituents is 2. The van der Waals surface area contributed by atoms with Gasteiger partial charge in [0, 0.05) is 0 Å². The van der Waals surface area contributed by atoms with E-state index < -0.39 is 23.5 Å². The van der Waals surface area contributed by atoms with Crippen molar-refractivity contribution in [3.8, 4) is 11.5 Å². The van der Waals surface area contributed by atoms with Crippen LogP contribution in [0.25, 0.3) is 0 Å². The standard InChI is InChI=1S/C8H8ClNO4/c9-6-4(11)1-3(2-5(6)12)7(10)8(13)14/h1-2,7,11-12H,10H2,(H,13,14)/t7-/m1/s1. The number of rotatable bonds is 2. The molecule has 0 aliphatic carbocycles. The lowest BCUT2D eigenvalue weighted by atomic mass is 10.1. The number of aromatic hydroxyl groups is 2. The van der Waals surface area contributed by atoms with E-state index in [9.17, 15) is 15.0 Å². The first-order valence-corrected chi connectivity index (χ1v) is 4.01. The second-order valence-corrected chi connectivity index (χ2v) is 3.07. The van der Waals surface area contributed by atoms with Crippen molar-refractivity contribution in [2.45, 2.75) is 6.04 Å². The van der Waals surface area contributed by atoms with Crippen LogP contribution in [0.4, 0.5) is 0 Å². The minimum Gasteiger partial charge on any atom is -0.506 e. The number of carbonyl (C=O) groups is 1. The van der Waals surface area contributed by atoms with Gasteiger partial charge in [0.25, 0.3) is 0 Å². The van der Waals surface area contributed by atoms with Crippen LogP contribution in [-0.4, -0.2) is 21.3 Å². The van der Waals surface area contributed by atoms with E-state index in [1.807, 2.05) is 0 Å². The van der Waals surface area contributed by atoms with E-state index in [2.05, 4.69) is 0 Å². The highest BCUT2D eigenvalue weighted by Crippen LogP contribution is 2.34. The van der Waals surface area contributed by atoms with E-state index in [1.54, 1.807) is 0 Å². The minimum atomic E-state index is -1.30. The van der Waals surface area contributed by atoms with Crippen molar-refractivity contribution < 1.29 is 20.1 Å². The summed E-state index contributed by atoms with van der Waals surface area (Å²) >= 11 is 5.45. The number of hydrogen-bond donors (Lipinski definition) is 4. The molecular weight excluding hydrogens is 210 g/mol. The fraction of sp³-hybridized carbons (Fsp3) is 0.125. The molecule has 0 aliphatic rings. The number of hydrogen-bond acceptors (Lipinski definition) is 4. The summed E-state index contributed by atoms with van der Waals surface area (Å²) < 4.78 is 0. The quantitative estimate of drug-likeness (QED) is 0.588. The molecule has 0 saturated heterocycles. The summed E-state index contributed by atoms with van der Waals surface area (Å²) in [5.41, 5.74) is 5.34. The number of nitrogens with two attached hydrogens (primary N) is 1. The fourth-order valence-electron chi connectivity index (χ4n) is 0.937. The molecule has 0 spiro atoms. The second-order valence-electron chi connectivity index (χ2n) is 2.69. The third kappa shape index (κ3) is 1.89. The van der Waals surface area contributed by atoms with Gasteiger partial charge in [-0.25, -0.2) is 0 Å². The van der Waals surface area contributed by atoms with Gasteiger partial charge in [-0.05, 0) is 17.7 Å². The lowest BCUT2D eigenvalue weighted by molar-refractivity contribution is -0.138. The zero-order valence-corrected chi connectivity index (χ0v) is 7.69. The molecule has 0 unspecified atom stereocenters. The Morgan fingerprint density at radius 3 is 2.14 bits per heavy atom. The molecule has 5 N–H and O–H groups in total. The lowest BCUT2D eigenvalue weighted by Gasteiger charge is -2.08. The van der Waals surface area contributed by atoms with E-state index in [0.717, 1.165) is 12.1 Å². The van der Waals surface area contributed by atoms with Gasteiger partial charge in [-0.1, -0.05) is 11.6 Å². The average molecular weight is 218 g/mol. The van der Waals surface area contributed by atoms with Crippen LogP contribution in [0.1, 0.15) is 11.6 Å². The Kier molecular flexibility index (Phi) is 2.83. The molecule has 1 rings (SSSR count). The number of phenols is 2. The van der Waals surface area contributed by atoms with Crippen LogP contribution < -0.4 is 5.73 Å². The van der Waals surface area contributed by atoms with E-state index in [1.165, 1.54) is 0 Å². The van der Waals surface area contributed by atoms with Crippen LogP contribution in [0.15, 0.2) is 12.1 Å². The summed E-state index contributed by atoms with van der Waals surface area (Å²) in [5, 5.41) is 26.7. The number of halogens is 1. The summed E-state index contributed by atoms with van der Waals surface area (Å²) in [6, 6.07) is 0.894. The molecule has 1 atom stereocenters. The molecule has 0 heterocycles. The van der Waals surface area contributed by atoms with E-state index in [-0.39, 0.29) is 10.6 Å². The van der Waals surface area contributed by atoms with Crippen molar-refractivity contribution in [2.75, 3.05) is 0 Å². The summed E-state index contributed by atoms with van der Waals surface area (Å²) in [4.78, 5) is 10.5. The zero-order chi connectivity index (χ0) is 10.9. The largest absolute Gasteiger partial charge is 0.506 e. The molecule has 5 nitrogen and oxygen atoms in total. The fourth-order valence-corrected chi connectivity index (χ4v) is 1.05. The molecule has 1 aromatic rings. The van der Waals surface area contributed by atoms with Gasteiger partial charge in [-0.2, -0.15) is 0 Å². The van der Waals surface area contributed by atoms with Crippen molar-refractivity contribution >= 4 is 17.6 Å². The Bertz CT molecular complexity index is 357. The second kappa shape index (κ2) is 3.73. The highest BCUT2D eigenvalue weighted by atomic mass is 35.5. The number of benzene rings is 1. The van der Waals surface area contributed by atoms with Gasteiger partial charge >= 0.3 is 5.97 Å². The maximum Gasteiger partial charge on any atom is 0.325 e. The van der Waals surface area contributed by atoms with Gasteiger partial charge in [-0.3, -0.25) is 4.79 Å². The van der Waals surface area contributed by atoms with Gasteiger partial charge in [-0.15, -0.1) is 0 Å². The molecule has 0 radical (unpaired) electrons. The van der Waals surface area contributed by atoms with Crippen LogP contribution in [0, 0.1) is 0 Å². The molecule has 0 aliphatic heterocycles. The SMILES string of the molecule is N[C@@H](C(=O)O)c1cc(O)c(Cl)c(O)c1. The maximum atomic E-state index is 10.5. The smallest absolute Gasteiger partial charge is 0.325 e. The first kappa shape index (κ1) is 10.6. The van der Waals surface area contributed by atoms with Crippen LogP contribution in [0.5, 0.6) is 11.5 Å². The molecule has 0 bridgehead atoms. The predicted molar refractivity (Wildman–Crippen MR) is 49.3 cm³/mol. The lowest BCUT2D eigenvalue weighted by Crippen LogP contribution is -2.20. The normalized spacial score (nSPS) is 12.4. The van der Waals surface area contributed by atoms with Gasteiger partial charge in [0.1, 0.15) is 22.6 Å². The first-order chi connectivity index (χ1) is 6.43. The molecule has 0 saturated carbocycles. The topological polar surface area (TPSA) is 104 Å². The summed E-state index contributed by atoms with van der Waals surface area (Å²) in [6.07, 6.45) is 0. The van der Waals surface area contributed by atoms with E-state index >= 15 is 0 Å². The van der Waals surface area contributed by atoms with Crippen molar-refractivity contribution in [1.82, 2.24) is 0 Å². The Morgan fingerprint density at radius 2 is 1.79 bits per heavy atom.